The van der Waals surface area contributed by atoms with Crippen molar-refractivity contribution < 1.29 is 9.90 Å². The number of carbonyl (C=O) groups excluding carboxylic acids is 1. The van der Waals surface area contributed by atoms with Gasteiger partial charge in [0.05, 0.1) is 35.1 Å². The van der Waals surface area contributed by atoms with E-state index in [1.165, 1.54) is 0 Å². The summed E-state index contributed by atoms with van der Waals surface area (Å²) in [5.41, 5.74) is 2.79. The van der Waals surface area contributed by atoms with Crippen LogP contribution >= 0.6 is 0 Å². The number of nitrogens with zero attached hydrogens (tertiary/aromatic N) is 5. The van der Waals surface area contributed by atoms with Crippen LogP contribution in [0.2, 0.25) is 0 Å². The summed E-state index contributed by atoms with van der Waals surface area (Å²) < 4.78 is 3.86. The van der Waals surface area contributed by atoms with E-state index in [0.29, 0.717) is 24.9 Å². The molecule has 1 N–H and O–H groups in total. The Kier molecular flexibility index (Phi) is 4.07. The number of amides is 1. The van der Waals surface area contributed by atoms with Crippen LogP contribution in [0.1, 0.15) is 47.4 Å². The molecule has 0 saturated carbocycles. The van der Waals surface area contributed by atoms with E-state index in [4.69, 9.17) is 0 Å². The van der Waals surface area contributed by atoms with Crippen LogP contribution in [0, 0.1) is 13.8 Å². The van der Waals surface area contributed by atoms with E-state index in [1.54, 1.807) is 17.1 Å². The summed E-state index contributed by atoms with van der Waals surface area (Å²) in [6.07, 6.45) is 8.58. The first kappa shape index (κ1) is 18.4. The van der Waals surface area contributed by atoms with Crippen LogP contribution in [0.5, 0.6) is 0 Å². The lowest BCUT2D eigenvalue weighted by atomic mass is 9.85. The predicted octanol–water partition coefficient (Wildman–Crippen LogP) is 2.58. The lowest BCUT2D eigenvalue weighted by Crippen LogP contribution is -2.54. The zero-order valence-corrected chi connectivity index (χ0v) is 17.2. The fourth-order valence-corrected chi connectivity index (χ4v) is 5.47. The first-order valence-corrected chi connectivity index (χ1v) is 10.3. The largest absolute Gasteiger partial charge is 0.388 e. The molecule has 1 amide bonds. The molecule has 2 aliphatic heterocycles. The van der Waals surface area contributed by atoms with Crippen molar-refractivity contribution in [2.24, 2.45) is 7.05 Å². The molecule has 0 spiro atoms. The van der Waals surface area contributed by atoms with Crippen molar-refractivity contribution in [1.82, 2.24) is 24.2 Å². The van der Waals surface area contributed by atoms with Gasteiger partial charge in [-0.05, 0) is 51.7 Å². The summed E-state index contributed by atoms with van der Waals surface area (Å²) in [6, 6.07) is 4.29. The predicted molar refractivity (Wildman–Crippen MR) is 110 cm³/mol. The smallest absolute Gasteiger partial charge is 0.257 e. The van der Waals surface area contributed by atoms with E-state index < -0.39 is 5.60 Å². The highest BCUT2D eigenvalue weighted by Gasteiger charge is 2.50. The first-order chi connectivity index (χ1) is 13.8. The molecule has 2 atom stereocenters. The number of piperidine rings is 1. The Morgan fingerprint density at radius 3 is 2.66 bits per heavy atom. The number of aryl methyl sites for hydroxylation is 3. The second kappa shape index (κ2) is 6.42. The van der Waals surface area contributed by atoms with Gasteiger partial charge in [-0.3, -0.25) is 14.5 Å². The van der Waals surface area contributed by atoms with Crippen LogP contribution < -0.4 is 0 Å². The quantitative estimate of drug-likeness (QED) is 0.742. The number of aromatic nitrogens is 4. The lowest BCUT2D eigenvalue weighted by Gasteiger charge is -2.44. The van der Waals surface area contributed by atoms with Crippen molar-refractivity contribution in [2.45, 2.75) is 63.8 Å². The maximum atomic E-state index is 13.2. The molecule has 7 nitrogen and oxygen atoms in total. The Morgan fingerprint density at radius 2 is 2.00 bits per heavy atom. The van der Waals surface area contributed by atoms with Crippen LogP contribution in [0.3, 0.4) is 0 Å². The number of hydrogen-bond acceptors (Lipinski definition) is 4. The van der Waals surface area contributed by atoms with Crippen molar-refractivity contribution in [3.63, 3.8) is 0 Å². The third kappa shape index (κ3) is 2.95. The second-order valence-corrected chi connectivity index (χ2v) is 8.84. The molecule has 0 radical (unpaired) electrons. The minimum absolute atomic E-state index is 0.0527. The monoisotopic (exact) mass is 393 g/mol. The van der Waals surface area contributed by atoms with E-state index in [9.17, 15) is 9.90 Å². The molecule has 2 unspecified atom stereocenters. The third-order valence-electron chi connectivity index (χ3n) is 6.70. The highest BCUT2D eigenvalue weighted by Crippen LogP contribution is 2.43. The summed E-state index contributed by atoms with van der Waals surface area (Å²) in [5.74, 6) is 0.0527. The maximum Gasteiger partial charge on any atom is 0.257 e. The van der Waals surface area contributed by atoms with Crippen molar-refractivity contribution in [3.8, 4) is 0 Å². The summed E-state index contributed by atoms with van der Waals surface area (Å²) in [5, 5.41) is 17.0. The fraction of sp³-hybridized carbons (Fsp3) is 0.500. The van der Waals surface area contributed by atoms with Gasteiger partial charge in [0, 0.05) is 42.6 Å². The second-order valence-electron chi connectivity index (χ2n) is 8.84. The minimum atomic E-state index is -0.820. The zero-order valence-electron chi connectivity index (χ0n) is 17.2. The molecule has 2 bridgehead atoms. The molecular weight excluding hydrogens is 366 g/mol. The Labute approximate surface area is 169 Å². The zero-order chi connectivity index (χ0) is 20.3. The number of pyridine rings is 1. The van der Waals surface area contributed by atoms with Crippen molar-refractivity contribution in [3.05, 3.63) is 47.7 Å². The van der Waals surface area contributed by atoms with Crippen molar-refractivity contribution in [1.29, 1.82) is 0 Å². The SMILES string of the molecule is Cc1nn(C)cc1C(=O)N1C2CCC1CC(O)(Cn1c(C)cc3ccncc31)C2. The average molecular weight is 393 g/mol. The summed E-state index contributed by atoms with van der Waals surface area (Å²) in [6.45, 7) is 4.49. The summed E-state index contributed by atoms with van der Waals surface area (Å²) in [7, 11) is 1.84. The number of aliphatic hydroxyl groups is 1. The van der Waals surface area contributed by atoms with Crippen molar-refractivity contribution in [2.75, 3.05) is 0 Å². The van der Waals surface area contributed by atoms with Gasteiger partial charge in [-0.25, -0.2) is 0 Å². The van der Waals surface area contributed by atoms with Crippen LogP contribution in [0.4, 0.5) is 0 Å². The van der Waals surface area contributed by atoms with Gasteiger partial charge in [0.15, 0.2) is 0 Å². The summed E-state index contributed by atoms with van der Waals surface area (Å²) in [4.78, 5) is 19.5. The average Bonchev–Trinajstić information content (AvgIpc) is 3.27. The van der Waals surface area contributed by atoms with Gasteiger partial charge < -0.3 is 14.6 Å². The molecule has 0 aliphatic carbocycles. The van der Waals surface area contributed by atoms with Crippen LogP contribution in [0.15, 0.2) is 30.7 Å². The number of fused-ring (bicyclic) bond motifs is 3. The summed E-state index contributed by atoms with van der Waals surface area (Å²) >= 11 is 0. The molecule has 0 aromatic carbocycles. The number of rotatable bonds is 3. The van der Waals surface area contributed by atoms with E-state index in [-0.39, 0.29) is 18.0 Å². The Morgan fingerprint density at radius 1 is 1.28 bits per heavy atom. The molecule has 2 fully saturated rings. The maximum absolute atomic E-state index is 13.2. The molecule has 2 saturated heterocycles. The lowest BCUT2D eigenvalue weighted by molar-refractivity contribution is -0.0536. The number of carbonyl (C=O) groups is 1. The molecule has 152 valence electrons. The van der Waals surface area contributed by atoms with Crippen molar-refractivity contribution >= 4 is 16.8 Å². The molecular formula is C22H27N5O2. The molecule has 29 heavy (non-hydrogen) atoms. The fourth-order valence-electron chi connectivity index (χ4n) is 5.47. The van der Waals surface area contributed by atoms with Crippen LogP contribution in [0.25, 0.3) is 10.9 Å². The van der Waals surface area contributed by atoms with Gasteiger partial charge in [0.2, 0.25) is 0 Å². The van der Waals surface area contributed by atoms with Gasteiger partial charge in [-0.1, -0.05) is 0 Å². The van der Waals surface area contributed by atoms with E-state index in [2.05, 4.69) is 27.6 Å². The molecule has 7 heteroatoms. The molecule has 5 heterocycles. The van der Waals surface area contributed by atoms with Gasteiger partial charge in [0.1, 0.15) is 0 Å². The van der Waals surface area contributed by atoms with Crippen LogP contribution in [-0.2, 0) is 13.6 Å². The first-order valence-electron chi connectivity index (χ1n) is 10.3. The molecule has 5 rings (SSSR count). The number of hydrogen-bond donors (Lipinski definition) is 1. The Bertz CT molecular complexity index is 1080. The van der Waals surface area contributed by atoms with Gasteiger partial charge in [0.25, 0.3) is 5.91 Å². The van der Waals surface area contributed by atoms with E-state index in [1.807, 2.05) is 31.1 Å². The van der Waals surface area contributed by atoms with E-state index >= 15 is 0 Å². The van der Waals surface area contributed by atoms with Gasteiger partial charge in [-0.2, -0.15) is 5.10 Å². The Balaban J connectivity index is 1.41. The molecule has 2 aliphatic rings. The van der Waals surface area contributed by atoms with E-state index in [0.717, 1.165) is 35.1 Å². The Hall–Kier alpha value is -2.67. The third-order valence-corrected chi connectivity index (χ3v) is 6.70. The van der Waals surface area contributed by atoms with Gasteiger partial charge in [-0.15, -0.1) is 0 Å². The van der Waals surface area contributed by atoms with Crippen LogP contribution in [-0.4, -0.2) is 52.9 Å². The topological polar surface area (TPSA) is 76.2 Å². The van der Waals surface area contributed by atoms with Gasteiger partial charge >= 0.3 is 0 Å². The highest BCUT2D eigenvalue weighted by molar-refractivity contribution is 5.95. The molecule has 3 aromatic rings. The highest BCUT2D eigenvalue weighted by atomic mass is 16.3. The standard InChI is InChI=1S/C22H27N5O2/c1-14-8-16-6-7-23-11-20(16)26(14)13-22(29)9-17-4-5-18(10-22)27(17)21(28)19-12-25(3)24-15(19)2/h6-8,11-12,17-18,29H,4-5,9-10,13H2,1-3H3. The molecule has 3 aromatic heterocycles. The normalized spacial score (nSPS) is 26.4. The minimum Gasteiger partial charge on any atom is -0.388 e.